The third-order valence-corrected chi connectivity index (χ3v) is 3.66. The first-order chi connectivity index (χ1) is 8.11. The van der Waals surface area contributed by atoms with Gasteiger partial charge in [-0.2, -0.15) is 0 Å². The molecule has 0 amide bonds. The summed E-state index contributed by atoms with van der Waals surface area (Å²) in [4.78, 5) is 0. The van der Waals surface area contributed by atoms with Crippen LogP contribution in [0, 0.1) is 11.7 Å². The average Bonchev–Trinajstić information content (AvgIpc) is 2.31. The van der Waals surface area contributed by atoms with Crippen LogP contribution in [0.5, 0.6) is 0 Å². The Labute approximate surface area is 111 Å². The van der Waals surface area contributed by atoms with Gasteiger partial charge in [0.05, 0.1) is 0 Å². The van der Waals surface area contributed by atoms with Crippen molar-refractivity contribution in [2.45, 2.75) is 19.4 Å². The SMILES string of the molecule is CNC(c1c(F)cccc1Br)C(C)CCOC. The number of rotatable bonds is 6. The largest absolute Gasteiger partial charge is 0.385 e. The van der Waals surface area contributed by atoms with E-state index in [2.05, 4.69) is 28.2 Å². The highest BCUT2D eigenvalue weighted by molar-refractivity contribution is 9.10. The Morgan fingerprint density at radius 2 is 2.18 bits per heavy atom. The van der Waals surface area contributed by atoms with E-state index in [9.17, 15) is 4.39 Å². The van der Waals surface area contributed by atoms with Gasteiger partial charge in [0.15, 0.2) is 0 Å². The summed E-state index contributed by atoms with van der Waals surface area (Å²) in [5.74, 6) is 0.121. The lowest BCUT2D eigenvalue weighted by molar-refractivity contribution is 0.170. The Kier molecular flexibility index (Phi) is 6.09. The van der Waals surface area contributed by atoms with Crippen molar-refractivity contribution in [1.29, 1.82) is 0 Å². The van der Waals surface area contributed by atoms with Gasteiger partial charge in [-0.25, -0.2) is 4.39 Å². The third kappa shape index (κ3) is 3.76. The Morgan fingerprint density at radius 1 is 1.47 bits per heavy atom. The highest BCUT2D eigenvalue weighted by Gasteiger charge is 2.22. The minimum Gasteiger partial charge on any atom is -0.385 e. The van der Waals surface area contributed by atoms with Crippen LogP contribution < -0.4 is 5.32 Å². The maximum absolute atomic E-state index is 13.9. The molecule has 1 aromatic carbocycles. The predicted octanol–water partition coefficient (Wildman–Crippen LogP) is 3.52. The Balaban J connectivity index is 2.93. The summed E-state index contributed by atoms with van der Waals surface area (Å²) in [5, 5.41) is 3.18. The number of methoxy groups -OCH3 is 1. The highest BCUT2D eigenvalue weighted by Crippen LogP contribution is 2.32. The number of ether oxygens (including phenoxy) is 1. The zero-order valence-electron chi connectivity index (χ0n) is 10.5. The summed E-state index contributed by atoms with van der Waals surface area (Å²) in [7, 11) is 3.53. The Morgan fingerprint density at radius 3 is 2.71 bits per heavy atom. The lowest BCUT2D eigenvalue weighted by Gasteiger charge is -2.25. The van der Waals surface area contributed by atoms with Crippen LogP contribution in [0.1, 0.15) is 24.9 Å². The van der Waals surface area contributed by atoms with Gasteiger partial charge in [-0.3, -0.25) is 0 Å². The van der Waals surface area contributed by atoms with Crippen LogP contribution in [0.3, 0.4) is 0 Å². The third-order valence-electron chi connectivity index (χ3n) is 2.97. The number of nitrogens with one attached hydrogen (secondary N) is 1. The molecule has 2 atom stereocenters. The number of benzene rings is 1. The van der Waals surface area contributed by atoms with Crippen LogP contribution in [-0.2, 0) is 4.74 Å². The predicted molar refractivity (Wildman–Crippen MR) is 71.6 cm³/mol. The molecule has 17 heavy (non-hydrogen) atoms. The molecule has 0 radical (unpaired) electrons. The summed E-state index contributed by atoms with van der Waals surface area (Å²) in [6, 6.07) is 5.05. The van der Waals surface area contributed by atoms with Crippen LogP contribution in [0.25, 0.3) is 0 Å². The van der Waals surface area contributed by atoms with Crippen molar-refractivity contribution >= 4 is 15.9 Å². The standard InChI is InChI=1S/C13H19BrFNO/c1-9(7-8-17-3)13(16-2)12-10(14)5-4-6-11(12)15/h4-6,9,13,16H,7-8H2,1-3H3. The Bertz CT molecular complexity index is 339. The fraction of sp³-hybridized carbons (Fsp3) is 0.538. The van der Waals surface area contributed by atoms with Gasteiger partial charge in [-0.15, -0.1) is 0 Å². The Hall–Kier alpha value is -0.450. The van der Waals surface area contributed by atoms with Gasteiger partial charge in [0.25, 0.3) is 0 Å². The first-order valence-corrected chi connectivity index (χ1v) is 6.51. The second kappa shape index (κ2) is 7.09. The zero-order valence-corrected chi connectivity index (χ0v) is 12.1. The number of hydrogen-bond acceptors (Lipinski definition) is 2. The number of halogens is 2. The van der Waals surface area contributed by atoms with Crippen molar-refractivity contribution in [3.8, 4) is 0 Å². The maximum atomic E-state index is 13.9. The minimum atomic E-state index is -0.178. The van der Waals surface area contributed by atoms with Gasteiger partial charge in [0.2, 0.25) is 0 Å². The molecule has 2 unspecified atom stereocenters. The monoisotopic (exact) mass is 303 g/mol. The molecule has 0 aromatic heterocycles. The first-order valence-electron chi connectivity index (χ1n) is 5.72. The van der Waals surface area contributed by atoms with E-state index >= 15 is 0 Å². The zero-order chi connectivity index (χ0) is 12.8. The molecular weight excluding hydrogens is 285 g/mol. The van der Waals surface area contributed by atoms with Crippen LogP contribution in [0.15, 0.2) is 22.7 Å². The van der Waals surface area contributed by atoms with Crippen LogP contribution in [0.4, 0.5) is 4.39 Å². The maximum Gasteiger partial charge on any atom is 0.129 e. The molecule has 0 spiro atoms. The molecule has 0 saturated heterocycles. The molecule has 1 aromatic rings. The summed E-state index contributed by atoms with van der Waals surface area (Å²) in [5.41, 5.74) is 0.693. The van der Waals surface area contributed by atoms with E-state index in [-0.39, 0.29) is 11.9 Å². The van der Waals surface area contributed by atoms with Crippen LogP contribution in [0.2, 0.25) is 0 Å². The molecule has 0 aliphatic carbocycles. The van der Waals surface area contributed by atoms with Gasteiger partial charge in [-0.1, -0.05) is 28.9 Å². The molecule has 0 aliphatic heterocycles. The van der Waals surface area contributed by atoms with Crippen LogP contribution in [-0.4, -0.2) is 20.8 Å². The van der Waals surface area contributed by atoms with Crippen molar-refractivity contribution in [2.75, 3.05) is 20.8 Å². The molecule has 96 valence electrons. The quantitative estimate of drug-likeness (QED) is 0.868. The second-order valence-electron chi connectivity index (χ2n) is 4.16. The molecule has 2 nitrogen and oxygen atoms in total. The summed E-state index contributed by atoms with van der Waals surface area (Å²) in [6.45, 7) is 2.78. The minimum absolute atomic E-state index is 0.0132. The summed E-state index contributed by atoms with van der Waals surface area (Å²) < 4.78 is 19.7. The normalized spacial score (nSPS) is 14.6. The van der Waals surface area contributed by atoms with E-state index in [1.165, 1.54) is 6.07 Å². The van der Waals surface area contributed by atoms with E-state index in [0.29, 0.717) is 18.1 Å². The average molecular weight is 304 g/mol. The van der Waals surface area contributed by atoms with E-state index in [1.807, 2.05) is 13.1 Å². The van der Waals surface area contributed by atoms with Gasteiger partial charge < -0.3 is 10.1 Å². The first kappa shape index (κ1) is 14.6. The highest BCUT2D eigenvalue weighted by atomic mass is 79.9. The van der Waals surface area contributed by atoms with Crippen molar-refractivity contribution in [3.05, 3.63) is 34.1 Å². The molecule has 0 aliphatic rings. The number of hydrogen-bond donors (Lipinski definition) is 1. The summed E-state index contributed by atoms with van der Waals surface area (Å²) >= 11 is 3.41. The molecule has 0 bridgehead atoms. The molecule has 1 rings (SSSR count). The van der Waals surface area contributed by atoms with Crippen molar-refractivity contribution in [2.24, 2.45) is 5.92 Å². The topological polar surface area (TPSA) is 21.3 Å². The fourth-order valence-corrected chi connectivity index (χ4v) is 2.58. The second-order valence-corrected chi connectivity index (χ2v) is 5.01. The van der Waals surface area contributed by atoms with E-state index in [0.717, 1.165) is 10.9 Å². The van der Waals surface area contributed by atoms with Crippen molar-refractivity contribution < 1.29 is 9.13 Å². The van der Waals surface area contributed by atoms with Crippen molar-refractivity contribution in [1.82, 2.24) is 5.32 Å². The molecule has 0 fully saturated rings. The molecule has 0 saturated carbocycles. The lowest BCUT2D eigenvalue weighted by atomic mass is 9.92. The van der Waals surface area contributed by atoms with E-state index in [4.69, 9.17) is 4.74 Å². The molecule has 1 N–H and O–H groups in total. The fourth-order valence-electron chi connectivity index (χ4n) is 1.99. The van der Waals surface area contributed by atoms with E-state index in [1.54, 1.807) is 13.2 Å². The molecule has 0 heterocycles. The molecule has 4 heteroatoms. The van der Waals surface area contributed by atoms with E-state index < -0.39 is 0 Å². The summed E-state index contributed by atoms with van der Waals surface area (Å²) in [6.07, 6.45) is 0.892. The van der Waals surface area contributed by atoms with Gasteiger partial charge in [0.1, 0.15) is 5.82 Å². The van der Waals surface area contributed by atoms with Gasteiger partial charge in [0, 0.05) is 29.8 Å². The van der Waals surface area contributed by atoms with Crippen LogP contribution >= 0.6 is 15.9 Å². The van der Waals surface area contributed by atoms with Gasteiger partial charge >= 0.3 is 0 Å². The smallest absolute Gasteiger partial charge is 0.129 e. The lowest BCUT2D eigenvalue weighted by Crippen LogP contribution is -2.25. The molecular formula is C13H19BrFNO. The van der Waals surface area contributed by atoms with Crippen molar-refractivity contribution in [3.63, 3.8) is 0 Å². The van der Waals surface area contributed by atoms with Gasteiger partial charge in [-0.05, 0) is 31.5 Å².